The molecule has 4 aromatic rings. The van der Waals surface area contributed by atoms with Crippen LogP contribution in [-0.4, -0.2) is 25.0 Å². The third kappa shape index (κ3) is 3.42. The van der Waals surface area contributed by atoms with Crippen LogP contribution in [0.4, 0.5) is 15.8 Å². The minimum atomic E-state index is -1.41. The third-order valence-electron chi connectivity index (χ3n) is 7.08. The Kier molecular flexibility index (Phi) is 5.50. The highest BCUT2D eigenvalue weighted by molar-refractivity contribution is 6.28. The maximum absolute atomic E-state index is 14.6. The zero-order valence-corrected chi connectivity index (χ0v) is 20.0. The van der Waals surface area contributed by atoms with Gasteiger partial charge in [0.2, 0.25) is 5.91 Å². The Labute approximate surface area is 213 Å². The van der Waals surface area contributed by atoms with Gasteiger partial charge in [-0.3, -0.25) is 14.4 Å². The Balaban J connectivity index is 1.60. The van der Waals surface area contributed by atoms with Crippen molar-refractivity contribution in [3.8, 4) is 5.75 Å². The molecule has 2 aliphatic rings. The molecule has 0 saturated carbocycles. The lowest BCUT2D eigenvalue weighted by Crippen LogP contribution is -2.46. The van der Waals surface area contributed by atoms with Crippen molar-refractivity contribution in [2.45, 2.75) is 17.6 Å². The molecule has 6 nitrogen and oxygen atoms in total. The van der Waals surface area contributed by atoms with Gasteiger partial charge in [-0.2, -0.15) is 0 Å². The number of carbonyl (C=O) groups excluding carboxylic acids is 2. The lowest BCUT2D eigenvalue weighted by molar-refractivity contribution is -0.126. The fourth-order valence-corrected chi connectivity index (χ4v) is 5.41. The summed E-state index contributed by atoms with van der Waals surface area (Å²) in [4.78, 5) is 36.1. The van der Waals surface area contributed by atoms with Crippen LogP contribution in [0.5, 0.6) is 5.75 Å². The number of hydrogen-bond acceptors (Lipinski definition) is 5. The molecule has 37 heavy (non-hydrogen) atoms. The first-order chi connectivity index (χ1) is 18.1. The summed E-state index contributed by atoms with van der Waals surface area (Å²) < 4.78 is 19.1. The van der Waals surface area contributed by atoms with E-state index in [0.717, 1.165) is 10.5 Å². The fraction of sp³-hybridized carbons (Fsp3) is 0.133. The largest absolute Gasteiger partial charge is 0.497 e. The van der Waals surface area contributed by atoms with E-state index in [1.54, 1.807) is 12.2 Å². The monoisotopic (exact) mass is 494 g/mol. The van der Waals surface area contributed by atoms with E-state index in [1.807, 2.05) is 84.9 Å². The van der Waals surface area contributed by atoms with Crippen LogP contribution >= 0.6 is 0 Å². The molecule has 2 heterocycles. The Morgan fingerprint density at radius 2 is 1.41 bits per heavy atom. The molecule has 2 fully saturated rings. The SMILES string of the molecule is COc1ccc([C@H]2N(c3ccccc3)O[C@H]3C(=O)N(c4ccc(F)cc4)C(=O)[C@]32c2ccccc2)cc1. The Morgan fingerprint density at radius 3 is 2.03 bits per heavy atom. The Morgan fingerprint density at radius 1 is 0.784 bits per heavy atom. The summed E-state index contributed by atoms with van der Waals surface area (Å²) in [5.41, 5.74) is 1.03. The molecular weight excluding hydrogens is 471 g/mol. The highest BCUT2D eigenvalue weighted by atomic mass is 19.1. The summed E-state index contributed by atoms with van der Waals surface area (Å²) in [7, 11) is 1.59. The van der Waals surface area contributed by atoms with Crippen molar-refractivity contribution in [1.29, 1.82) is 0 Å². The van der Waals surface area contributed by atoms with Gasteiger partial charge in [-0.25, -0.2) is 14.4 Å². The number of amides is 2. The molecule has 7 heteroatoms. The predicted octanol–water partition coefficient (Wildman–Crippen LogP) is 5.21. The lowest BCUT2D eigenvalue weighted by Gasteiger charge is -2.35. The topological polar surface area (TPSA) is 59.1 Å². The van der Waals surface area contributed by atoms with Gasteiger partial charge >= 0.3 is 0 Å². The van der Waals surface area contributed by atoms with Crippen molar-refractivity contribution in [1.82, 2.24) is 0 Å². The van der Waals surface area contributed by atoms with Crippen LogP contribution in [0.25, 0.3) is 0 Å². The number of halogens is 1. The zero-order chi connectivity index (χ0) is 25.6. The molecule has 0 bridgehead atoms. The van der Waals surface area contributed by atoms with E-state index in [2.05, 4.69) is 0 Å². The maximum atomic E-state index is 14.6. The van der Waals surface area contributed by atoms with Gasteiger partial charge in [-0.1, -0.05) is 60.7 Å². The molecule has 0 aromatic heterocycles. The van der Waals surface area contributed by atoms with Crippen LogP contribution < -0.4 is 14.7 Å². The van der Waals surface area contributed by atoms with Crippen LogP contribution in [-0.2, 0) is 19.8 Å². The number of hydrogen-bond donors (Lipinski definition) is 0. The number of nitrogens with zero attached hydrogens (tertiary/aromatic N) is 2. The van der Waals surface area contributed by atoms with Crippen molar-refractivity contribution in [3.63, 3.8) is 0 Å². The van der Waals surface area contributed by atoms with E-state index in [0.29, 0.717) is 22.7 Å². The molecule has 0 radical (unpaired) electrons. The molecule has 2 aliphatic heterocycles. The van der Waals surface area contributed by atoms with E-state index in [9.17, 15) is 14.0 Å². The summed E-state index contributed by atoms with van der Waals surface area (Å²) in [5, 5.41) is 1.66. The molecule has 2 saturated heterocycles. The normalized spacial score (nSPS) is 22.9. The molecular formula is C30H23FN2O4. The number of anilines is 2. The second kappa shape index (κ2) is 8.87. The number of hydroxylamine groups is 1. The van der Waals surface area contributed by atoms with Crippen LogP contribution in [0.3, 0.4) is 0 Å². The van der Waals surface area contributed by atoms with E-state index in [-0.39, 0.29) is 0 Å². The Hall–Kier alpha value is -4.49. The second-order valence-corrected chi connectivity index (χ2v) is 9.01. The highest BCUT2D eigenvalue weighted by Crippen LogP contribution is 2.57. The first-order valence-corrected chi connectivity index (χ1v) is 11.9. The minimum Gasteiger partial charge on any atom is -0.497 e. The number of rotatable bonds is 5. The zero-order valence-electron chi connectivity index (χ0n) is 20.0. The molecule has 0 N–H and O–H groups in total. The standard InChI is InChI=1S/C30H23FN2O4/c1-36-25-18-12-20(13-19-25)26-30(21-8-4-2-5-9-21)27(37-33(26)24-10-6-3-7-11-24)28(34)32(29(30)35)23-16-14-22(31)15-17-23/h2-19,26-27H,1H3/t26-,27+,30+/m1/s1. The van der Waals surface area contributed by atoms with E-state index < -0.39 is 35.2 Å². The number of imide groups is 1. The molecule has 4 aromatic carbocycles. The van der Waals surface area contributed by atoms with Crippen LogP contribution in [0.1, 0.15) is 17.2 Å². The predicted molar refractivity (Wildman–Crippen MR) is 137 cm³/mol. The van der Waals surface area contributed by atoms with E-state index in [1.165, 1.54) is 24.3 Å². The molecule has 6 rings (SSSR count). The molecule has 2 amide bonds. The lowest BCUT2D eigenvalue weighted by atomic mass is 9.69. The number of ether oxygens (including phenoxy) is 1. The van der Waals surface area contributed by atoms with E-state index in [4.69, 9.17) is 9.57 Å². The van der Waals surface area contributed by atoms with E-state index >= 15 is 0 Å². The van der Waals surface area contributed by atoms with Crippen molar-refractivity contribution in [2.75, 3.05) is 17.1 Å². The molecule has 3 atom stereocenters. The molecule has 184 valence electrons. The Bertz CT molecular complexity index is 1440. The number of methoxy groups -OCH3 is 1. The quantitative estimate of drug-likeness (QED) is 0.357. The van der Waals surface area contributed by atoms with Crippen molar-refractivity contribution in [2.24, 2.45) is 0 Å². The van der Waals surface area contributed by atoms with Gasteiger partial charge in [0, 0.05) is 0 Å². The number of para-hydroxylation sites is 1. The highest BCUT2D eigenvalue weighted by Gasteiger charge is 2.72. The van der Waals surface area contributed by atoms with Gasteiger partial charge in [0.05, 0.1) is 18.5 Å². The average Bonchev–Trinajstić information content (AvgIpc) is 3.41. The van der Waals surface area contributed by atoms with Gasteiger partial charge < -0.3 is 4.74 Å². The molecule has 0 aliphatic carbocycles. The van der Waals surface area contributed by atoms with Crippen LogP contribution in [0, 0.1) is 5.82 Å². The maximum Gasteiger partial charge on any atom is 0.267 e. The molecule has 0 spiro atoms. The first kappa shape index (κ1) is 22.9. The van der Waals surface area contributed by atoms with Gasteiger partial charge in [0.25, 0.3) is 5.91 Å². The van der Waals surface area contributed by atoms with Gasteiger partial charge in [0.15, 0.2) is 6.10 Å². The minimum absolute atomic E-state index is 0.296. The number of carbonyl (C=O) groups is 2. The second-order valence-electron chi connectivity index (χ2n) is 9.01. The summed E-state index contributed by atoms with van der Waals surface area (Å²) in [6.07, 6.45) is -1.14. The fourth-order valence-electron chi connectivity index (χ4n) is 5.41. The van der Waals surface area contributed by atoms with Gasteiger partial charge in [-0.15, -0.1) is 0 Å². The number of benzene rings is 4. The van der Waals surface area contributed by atoms with Gasteiger partial charge in [0.1, 0.15) is 23.0 Å². The summed E-state index contributed by atoms with van der Waals surface area (Å²) >= 11 is 0. The average molecular weight is 495 g/mol. The first-order valence-electron chi connectivity index (χ1n) is 11.9. The van der Waals surface area contributed by atoms with Crippen molar-refractivity contribution < 1.29 is 23.6 Å². The summed E-state index contributed by atoms with van der Waals surface area (Å²) in [6, 6.07) is 30.7. The van der Waals surface area contributed by atoms with Crippen LogP contribution in [0.15, 0.2) is 109 Å². The van der Waals surface area contributed by atoms with Crippen LogP contribution in [0.2, 0.25) is 0 Å². The van der Waals surface area contributed by atoms with Crippen molar-refractivity contribution >= 4 is 23.2 Å². The summed E-state index contributed by atoms with van der Waals surface area (Å²) in [6.45, 7) is 0. The third-order valence-corrected chi connectivity index (χ3v) is 7.08. The number of fused-ring (bicyclic) bond motifs is 1. The van der Waals surface area contributed by atoms with Gasteiger partial charge in [-0.05, 0) is 59.7 Å². The van der Waals surface area contributed by atoms with Crippen molar-refractivity contribution in [3.05, 3.63) is 126 Å². The molecule has 0 unspecified atom stereocenters. The summed E-state index contributed by atoms with van der Waals surface area (Å²) in [5.74, 6) is -0.721. The smallest absolute Gasteiger partial charge is 0.267 e.